The van der Waals surface area contributed by atoms with E-state index in [1.165, 1.54) is 11.3 Å². The van der Waals surface area contributed by atoms with Gasteiger partial charge in [-0.3, -0.25) is 4.79 Å². The molecule has 21 heavy (non-hydrogen) atoms. The average molecular weight is 306 g/mol. The molecule has 2 aromatic rings. The third-order valence-electron chi connectivity index (χ3n) is 3.50. The summed E-state index contributed by atoms with van der Waals surface area (Å²) in [6.07, 6.45) is 2.66. The van der Waals surface area contributed by atoms with Crippen LogP contribution in [0.25, 0.3) is 0 Å². The maximum atomic E-state index is 12.3. The lowest BCUT2D eigenvalue weighted by molar-refractivity contribution is 0.0922. The fraction of sp³-hybridized carbons (Fsp3) is 0.538. The van der Waals surface area contributed by atoms with Gasteiger partial charge in [0.25, 0.3) is 5.91 Å². The minimum Gasteiger partial charge on any atom is -0.341 e. The average Bonchev–Trinajstić information content (AvgIpc) is 3.14. The SMILES string of the molecule is CCc1nc2n(n1)CCCC2NC(=O)c1csc(CN)n1. The second-order valence-electron chi connectivity index (χ2n) is 4.96. The molecule has 0 aliphatic carbocycles. The molecule has 0 bridgehead atoms. The molecule has 2 aromatic heterocycles. The monoisotopic (exact) mass is 306 g/mol. The molecule has 1 aliphatic rings. The highest BCUT2D eigenvalue weighted by Crippen LogP contribution is 2.23. The molecule has 0 fully saturated rings. The molecule has 7 nitrogen and oxygen atoms in total. The summed E-state index contributed by atoms with van der Waals surface area (Å²) in [4.78, 5) is 21.0. The van der Waals surface area contributed by atoms with Crippen molar-refractivity contribution in [3.05, 3.63) is 27.7 Å². The van der Waals surface area contributed by atoms with Crippen LogP contribution in [0.1, 0.15) is 53.0 Å². The van der Waals surface area contributed by atoms with Crippen LogP contribution >= 0.6 is 11.3 Å². The Morgan fingerprint density at radius 1 is 1.57 bits per heavy atom. The van der Waals surface area contributed by atoms with Gasteiger partial charge in [-0.15, -0.1) is 11.3 Å². The van der Waals surface area contributed by atoms with Gasteiger partial charge in [0, 0.05) is 24.9 Å². The first-order valence-electron chi connectivity index (χ1n) is 7.10. The third kappa shape index (κ3) is 2.81. The topological polar surface area (TPSA) is 98.7 Å². The molecule has 112 valence electrons. The lowest BCUT2D eigenvalue weighted by Crippen LogP contribution is -2.33. The lowest BCUT2D eigenvalue weighted by atomic mass is 10.1. The van der Waals surface area contributed by atoms with E-state index in [1.807, 2.05) is 11.6 Å². The molecular weight excluding hydrogens is 288 g/mol. The predicted octanol–water partition coefficient (Wildman–Crippen LogP) is 1.02. The van der Waals surface area contributed by atoms with Crippen molar-refractivity contribution < 1.29 is 4.79 Å². The second kappa shape index (κ2) is 5.90. The Balaban J connectivity index is 1.76. The van der Waals surface area contributed by atoms with Crippen LogP contribution in [0.2, 0.25) is 0 Å². The first-order chi connectivity index (χ1) is 10.2. The molecule has 3 N–H and O–H groups in total. The number of hydrogen-bond donors (Lipinski definition) is 2. The zero-order valence-electron chi connectivity index (χ0n) is 11.9. The minimum atomic E-state index is -0.176. The molecule has 0 radical (unpaired) electrons. The van der Waals surface area contributed by atoms with Gasteiger partial charge in [0.1, 0.15) is 16.5 Å². The van der Waals surface area contributed by atoms with Crippen LogP contribution in [0.15, 0.2) is 5.38 Å². The number of thiazole rings is 1. The highest BCUT2D eigenvalue weighted by molar-refractivity contribution is 7.09. The number of rotatable bonds is 4. The molecule has 8 heteroatoms. The van der Waals surface area contributed by atoms with Crippen molar-refractivity contribution in [3.63, 3.8) is 0 Å². The smallest absolute Gasteiger partial charge is 0.271 e. The van der Waals surface area contributed by atoms with E-state index in [0.29, 0.717) is 12.2 Å². The van der Waals surface area contributed by atoms with E-state index >= 15 is 0 Å². The highest BCUT2D eigenvalue weighted by Gasteiger charge is 2.26. The molecule has 0 saturated carbocycles. The molecule has 1 unspecified atom stereocenters. The van der Waals surface area contributed by atoms with Gasteiger partial charge in [0.2, 0.25) is 0 Å². The molecule has 1 atom stereocenters. The van der Waals surface area contributed by atoms with Gasteiger partial charge in [0.05, 0.1) is 6.04 Å². The van der Waals surface area contributed by atoms with E-state index in [1.54, 1.807) is 5.38 Å². The minimum absolute atomic E-state index is 0.0953. The van der Waals surface area contributed by atoms with Gasteiger partial charge in [0.15, 0.2) is 5.82 Å². The van der Waals surface area contributed by atoms with Gasteiger partial charge in [-0.05, 0) is 12.8 Å². The van der Waals surface area contributed by atoms with Gasteiger partial charge >= 0.3 is 0 Å². The molecule has 1 aliphatic heterocycles. The first-order valence-corrected chi connectivity index (χ1v) is 7.98. The molecule has 3 heterocycles. The van der Waals surface area contributed by atoms with Crippen molar-refractivity contribution in [1.82, 2.24) is 25.1 Å². The summed E-state index contributed by atoms with van der Waals surface area (Å²) in [5.74, 6) is 1.50. The van der Waals surface area contributed by atoms with Crippen molar-refractivity contribution in [2.24, 2.45) is 5.73 Å². The fourth-order valence-corrected chi connectivity index (χ4v) is 3.08. The lowest BCUT2D eigenvalue weighted by Gasteiger charge is -2.22. The van der Waals surface area contributed by atoms with Crippen LogP contribution in [-0.2, 0) is 19.5 Å². The van der Waals surface area contributed by atoms with Gasteiger partial charge in [-0.25, -0.2) is 14.6 Å². The number of hydrogen-bond acceptors (Lipinski definition) is 6. The van der Waals surface area contributed by atoms with Gasteiger partial charge in [-0.1, -0.05) is 6.92 Å². The van der Waals surface area contributed by atoms with Gasteiger partial charge < -0.3 is 11.1 Å². The van der Waals surface area contributed by atoms with Crippen molar-refractivity contribution in [3.8, 4) is 0 Å². The summed E-state index contributed by atoms with van der Waals surface area (Å²) in [7, 11) is 0. The molecule has 3 rings (SSSR count). The van der Waals surface area contributed by atoms with Crippen molar-refractivity contribution in [1.29, 1.82) is 0 Å². The third-order valence-corrected chi connectivity index (χ3v) is 4.37. The quantitative estimate of drug-likeness (QED) is 0.878. The number of fused-ring (bicyclic) bond motifs is 1. The number of nitrogens with zero attached hydrogens (tertiary/aromatic N) is 4. The Bertz CT molecular complexity index is 649. The molecule has 0 saturated heterocycles. The standard InChI is InChI=1S/C13H18N6OS/c1-2-10-17-12-8(4-3-5-19(12)18-10)16-13(20)9-7-21-11(6-14)15-9/h7-8H,2-6,14H2,1H3,(H,16,20). The summed E-state index contributed by atoms with van der Waals surface area (Å²) in [6.45, 7) is 3.25. The first kappa shape index (κ1) is 14.2. The molecule has 1 amide bonds. The second-order valence-corrected chi connectivity index (χ2v) is 5.90. The Hall–Kier alpha value is -1.80. The predicted molar refractivity (Wildman–Crippen MR) is 78.8 cm³/mol. The maximum absolute atomic E-state index is 12.3. The zero-order valence-corrected chi connectivity index (χ0v) is 12.7. The highest BCUT2D eigenvalue weighted by atomic mass is 32.1. The Morgan fingerprint density at radius 3 is 3.14 bits per heavy atom. The summed E-state index contributed by atoms with van der Waals surface area (Å²) in [5.41, 5.74) is 5.95. The number of nitrogens with two attached hydrogens (primary N) is 1. The number of aryl methyl sites for hydroxylation is 2. The Kier molecular flexibility index (Phi) is 3.98. The molecule has 0 aromatic carbocycles. The Labute approximate surface area is 126 Å². The van der Waals surface area contributed by atoms with E-state index in [2.05, 4.69) is 20.4 Å². The van der Waals surface area contributed by atoms with Crippen LogP contribution in [0.3, 0.4) is 0 Å². The number of carbonyl (C=O) groups excluding carboxylic acids is 1. The van der Waals surface area contributed by atoms with Crippen LogP contribution in [-0.4, -0.2) is 25.7 Å². The summed E-state index contributed by atoms with van der Waals surface area (Å²) in [5, 5.41) is 9.95. The molecular formula is C13H18N6OS. The largest absolute Gasteiger partial charge is 0.341 e. The van der Waals surface area contributed by atoms with Crippen LogP contribution in [0.4, 0.5) is 0 Å². The zero-order chi connectivity index (χ0) is 14.8. The summed E-state index contributed by atoms with van der Waals surface area (Å²) >= 11 is 1.40. The number of amides is 1. The van der Waals surface area contributed by atoms with Crippen molar-refractivity contribution in [2.45, 2.75) is 45.3 Å². The molecule has 0 spiro atoms. The maximum Gasteiger partial charge on any atom is 0.271 e. The number of carbonyl (C=O) groups is 1. The van der Waals surface area contributed by atoms with Gasteiger partial charge in [-0.2, -0.15) is 5.10 Å². The van der Waals surface area contributed by atoms with E-state index in [4.69, 9.17) is 5.73 Å². The van der Waals surface area contributed by atoms with Crippen LogP contribution in [0.5, 0.6) is 0 Å². The van der Waals surface area contributed by atoms with E-state index < -0.39 is 0 Å². The fourth-order valence-electron chi connectivity index (χ4n) is 2.43. The summed E-state index contributed by atoms with van der Waals surface area (Å²) in [6, 6.07) is -0.0953. The van der Waals surface area contributed by atoms with Crippen molar-refractivity contribution in [2.75, 3.05) is 0 Å². The number of aromatic nitrogens is 4. The summed E-state index contributed by atoms with van der Waals surface area (Å²) < 4.78 is 1.90. The van der Waals surface area contributed by atoms with E-state index in [9.17, 15) is 4.79 Å². The van der Waals surface area contributed by atoms with E-state index in [-0.39, 0.29) is 11.9 Å². The van der Waals surface area contributed by atoms with Crippen LogP contribution in [0, 0.1) is 0 Å². The normalized spacial score (nSPS) is 17.5. The van der Waals surface area contributed by atoms with Crippen LogP contribution < -0.4 is 11.1 Å². The van der Waals surface area contributed by atoms with E-state index in [0.717, 1.165) is 42.5 Å². The van der Waals surface area contributed by atoms with Crippen molar-refractivity contribution >= 4 is 17.2 Å². The number of nitrogens with one attached hydrogen (secondary N) is 1. The Morgan fingerprint density at radius 2 is 2.43 bits per heavy atom.